The highest BCUT2D eigenvalue weighted by Gasteiger charge is 2.21. The molecule has 0 spiro atoms. The maximum absolute atomic E-state index is 12.1. The number of aromatic amines is 1. The van der Waals surface area contributed by atoms with Gasteiger partial charge in [0, 0.05) is 29.6 Å². The molecule has 0 aliphatic carbocycles. The van der Waals surface area contributed by atoms with E-state index in [2.05, 4.69) is 4.98 Å². The van der Waals surface area contributed by atoms with Crippen LogP contribution in [0.2, 0.25) is 0 Å². The van der Waals surface area contributed by atoms with Crippen LogP contribution in [0.4, 0.5) is 5.69 Å². The molecule has 0 bridgehead atoms. The van der Waals surface area contributed by atoms with Crippen molar-refractivity contribution in [1.29, 1.82) is 0 Å². The first-order chi connectivity index (χ1) is 12.1. The molecule has 0 fully saturated rings. The van der Waals surface area contributed by atoms with E-state index >= 15 is 0 Å². The Morgan fingerprint density at radius 1 is 1.19 bits per heavy atom. The summed E-state index contributed by atoms with van der Waals surface area (Å²) in [6.07, 6.45) is 2.12. The lowest BCUT2D eigenvalue weighted by Crippen LogP contribution is -2.33. The molecule has 0 unspecified atom stereocenters. The van der Waals surface area contributed by atoms with Gasteiger partial charge in [-0.2, -0.15) is 0 Å². The Hall–Kier alpha value is -2.92. The molecule has 0 saturated heterocycles. The highest BCUT2D eigenvalue weighted by molar-refractivity contribution is 7.95. The minimum Gasteiger partial charge on any atom is -0.385 e. The maximum atomic E-state index is 12.1. The highest BCUT2D eigenvalue weighted by atomic mass is 32.2. The van der Waals surface area contributed by atoms with Crippen LogP contribution in [0, 0.1) is 10.1 Å². The number of nitro groups is 1. The lowest BCUT2D eigenvalue weighted by atomic mass is 10.1. The Kier molecular flexibility index (Phi) is 7.94. The van der Waals surface area contributed by atoms with Gasteiger partial charge < -0.3 is 27.2 Å². The van der Waals surface area contributed by atoms with Crippen molar-refractivity contribution in [2.45, 2.75) is 17.4 Å². The number of nitrogens with zero attached hydrogens (tertiary/aromatic N) is 1. The van der Waals surface area contributed by atoms with Crippen molar-refractivity contribution in [3.63, 3.8) is 0 Å². The van der Waals surface area contributed by atoms with Gasteiger partial charge in [-0.3, -0.25) is 10.1 Å². The molecule has 3 rings (SSSR count). The second-order valence-corrected chi connectivity index (χ2v) is 6.15. The Morgan fingerprint density at radius 3 is 2.59 bits per heavy atom. The van der Waals surface area contributed by atoms with E-state index in [4.69, 9.17) is 9.92 Å². The second-order valence-electron chi connectivity index (χ2n) is 5.38. The number of hydrogen-bond acceptors (Lipinski definition) is 8. The van der Waals surface area contributed by atoms with Gasteiger partial charge in [0.1, 0.15) is 23.0 Å². The zero-order chi connectivity index (χ0) is 17.8. The fraction of sp³-hybridized carbons (Fsp3) is 0.118. The summed E-state index contributed by atoms with van der Waals surface area (Å²) in [7, 11) is 0. The zero-order valence-corrected chi connectivity index (χ0v) is 15.3. The summed E-state index contributed by atoms with van der Waals surface area (Å²) in [6.45, 7) is 0. The van der Waals surface area contributed by atoms with Crippen LogP contribution < -0.4 is 18.0 Å². The molecule has 0 saturated carbocycles. The van der Waals surface area contributed by atoms with Crippen molar-refractivity contribution < 1.29 is 13.9 Å². The van der Waals surface area contributed by atoms with Gasteiger partial charge >= 0.3 is 5.97 Å². The Labute approximate surface area is 159 Å². The molecule has 1 aromatic heterocycles. The number of para-hydroxylation sites is 2. The SMILES string of the molecule is N.N.N[C@@H](Cc1c[nH]c2ccccc12)C(=O)OSc1ccccc1[N+](=O)[O-]. The van der Waals surface area contributed by atoms with E-state index in [-0.39, 0.29) is 22.9 Å². The first-order valence-electron chi connectivity index (χ1n) is 7.48. The van der Waals surface area contributed by atoms with E-state index < -0.39 is 16.9 Å². The number of carbonyl (C=O) groups excluding carboxylic acids is 1. The molecule has 9 N–H and O–H groups in total. The molecule has 1 heterocycles. The van der Waals surface area contributed by atoms with Crippen molar-refractivity contribution in [3.05, 3.63) is 70.4 Å². The molecular formula is C17H21N5O4S. The van der Waals surface area contributed by atoms with E-state index in [1.807, 2.05) is 30.5 Å². The number of rotatable bonds is 6. The number of hydrogen-bond donors (Lipinski definition) is 4. The quantitative estimate of drug-likeness (QED) is 0.279. The molecule has 0 amide bonds. The van der Waals surface area contributed by atoms with Gasteiger partial charge in [-0.15, -0.1) is 0 Å². The number of benzene rings is 2. The van der Waals surface area contributed by atoms with Crippen molar-refractivity contribution >= 4 is 34.6 Å². The molecular weight excluding hydrogens is 370 g/mol. The Bertz CT molecular complexity index is 930. The number of aromatic nitrogens is 1. The lowest BCUT2D eigenvalue weighted by Gasteiger charge is -2.10. The molecule has 0 radical (unpaired) electrons. The van der Waals surface area contributed by atoms with Crippen molar-refractivity contribution in [1.82, 2.24) is 17.3 Å². The largest absolute Gasteiger partial charge is 0.385 e. The van der Waals surface area contributed by atoms with Crippen molar-refractivity contribution in [2.75, 3.05) is 0 Å². The summed E-state index contributed by atoms with van der Waals surface area (Å²) in [6, 6.07) is 12.9. The smallest absolute Gasteiger partial charge is 0.335 e. The summed E-state index contributed by atoms with van der Waals surface area (Å²) in [5, 5.41) is 12.0. The van der Waals surface area contributed by atoms with Gasteiger partial charge in [-0.1, -0.05) is 30.3 Å². The Balaban J connectivity index is 0.00000182. The van der Waals surface area contributed by atoms with Crippen molar-refractivity contribution in [2.24, 2.45) is 5.73 Å². The molecule has 144 valence electrons. The van der Waals surface area contributed by atoms with Crippen LogP contribution in [0.5, 0.6) is 0 Å². The fourth-order valence-corrected chi connectivity index (χ4v) is 3.10. The molecule has 1 atom stereocenters. The number of H-pyrrole nitrogens is 1. The van der Waals surface area contributed by atoms with Gasteiger partial charge in [-0.25, -0.2) is 4.79 Å². The molecule has 27 heavy (non-hydrogen) atoms. The van der Waals surface area contributed by atoms with Gasteiger partial charge in [0.15, 0.2) is 0 Å². The average molecular weight is 391 g/mol. The zero-order valence-electron chi connectivity index (χ0n) is 14.5. The number of nitrogens with two attached hydrogens (primary N) is 1. The van der Waals surface area contributed by atoms with E-state index in [1.54, 1.807) is 12.1 Å². The molecule has 3 aromatic rings. The fourth-order valence-electron chi connectivity index (χ4n) is 2.45. The number of fused-ring (bicyclic) bond motifs is 1. The second kappa shape index (κ2) is 9.69. The summed E-state index contributed by atoms with van der Waals surface area (Å²) in [4.78, 5) is 25.9. The van der Waals surface area contributed by atoms with Crippen molar-refractivity contribution in [3.8, 4) is 0 Å². The molecule has 0 aliphatic heterocycles. The van der Waals surface area contributed by atoms with Gasteiger partial charge in [0.05, 0.1) is 4.92 Å². The summed E-state index contributed by atoms with van der Waals surface area (Å²) in [5.41, 5.74) is 7.68. The molecule has 0 aliphatic rings. The number of nitro benzene ring substituents is 1. The topological polar surface area (TPSA) is 181 Å². The van der Waals surface area contributed by atoms with Crippen LogP contribution in [0.3, 0.4) is 0 Å². The standard InChI is InChI=1S/C17H15N3O4S.2H3N/c18-13(9-11-10-19-14-6-2-1-5-12(11)14)17(21)24-25-16-8-4-3-7-15(16)20(22)23;;/h1-8,10,13,19H,9,18H2;2*1H3/t13-;;/m0../s1. The van der Waals surface area contributed by atoms with Gasteiger partial charge in [0.2, 0.25) is 0 Å². The minimum atomic E-state index is -0.866. The van der Waals surface area contributed by atoms with Gasteiger partial charge in [0.25, 0.3) is 5.69 Å². The molecule has 2 aromatic carbocycles. The van der Waals surface area contributed by atoms with Crippen LogP contribution in [0.15, 0.2) is 59.6 Å². The molecule has 10 heteroatoms. The summed E-state index contributed by atoms with van der Waals surface area (Å²) in [5.74, 6) is -0.631. The van der Waals surface area contributed by atoms with E-state index in [1.165, 1.54) is 12.1 Å². The van der Waals surface area contributed by atoms with E-state index in [9.17, 15) is 14.9 Å². The van der Waals surface area contributed by atoms with E-state index in [0.29, 0.717) is 18.5 Å². The number of carbonyl (C=O) groups is 1. The monoisotopic (exact) mass is 391 g/mol. The lowest BCUT2D eigenvalue weighted by molar-refractivity contribution is -0.387. The highest BCUT2D eigenvalue weighted by Crippen LogP contribution is 2.29. The minimum absolute atomic E-state index is 0. The average Bonchev–Trinajstić information content (AvgIpc) is 3.03. The first kappa shape index (κ1) is 22.1. The summed E-state index contributed by atoms with van der Waals surface area (Å²) >= 11 is 0.649. The third kappa shape index (κ3) is 5.05. The third-order valence-electron chi connectivity index (χ3n) is 3.69. The molecule has 9 nitrogen and oxygen atoms in total. The number of nitrogens with one attached hydrogen (secondary N) is 1. The first-order valence-corrected chi connectivity index (χ1v) is 8.23. The normalized spacial score (nSPS) is 11.1. The van der Waals surface area contributed by atoms with E-state index in [0.717, 1.165) is 16.5 Å². The maximum Gasteiger partial charge on any atom is 0.335 e. The predicted octanol–water partition coefficient (Wildman–Crippen LogP) is 3.52. The third-order valence-corrected chi connectivity index (χ3v) is 4.47. The van der Waals surface area contributed by atoms with Crippen LogP contribution in [-0.4, -0.2) is 21.9 Å². The van der Waals surface area contributed by atoms with Gasteiger partial charge in [-0.05, 0) is 17.7 Å². The summed E-state index contributed by atoms with van der Waals surface area (Å²) < 4.78 is 5.08. The van der Waals surface area contributed by atoms with Crippen LogP contribution in [0.25, 0.3) is 10.9 Å². The van der Waals surface area contributed by atoms with Crippen LogP contribution >= 0.6 is 12.0 Å². The van der Waals surface area contributed by atoms with Crippen LogP contribution in [0.1, 0.15) is 5.56 Å². The van der Waals surface area contributed by atoms with Crippen LogP contribution in [-0.2, 0) is 15.4 Å². The Morgan fingerprint density at radius 2 is 1.85 bits per heavy atom. The predicted molar refractivity (Wildman–Crippen MR) is 105 cm³/mol.